The fraction of sp³-hybridized carbons (Fsp3) is 1.00. The molecule has 0 aromatic heterocycles. The maximum Gasteiger partial charge on any atom is 0.118 e. The van der Waals surface area contributed by atoms with E-state index in [2.05, 4.69) is 10.6 Å². The predicted molar refractivity (Wildman–Crippen MR) is 62.3 cm³/mol. The van der Waals surface area contributed by atoms with Crippen molar-refractivity contribution in [2.75, 3.05) is 39.3 Å². The van der Waals surface area contributed by atoms with E-state index >= 15 is 0 Å². The zero-order chi connectivity index (χ0) is 12.1. The normalized spacial score (nSPS) is 13.0. The summed E-state index contributed by atoms with van der Waals surface area (Å²) in [5, 5.41) is 6.64. The summed E-state index contributed by atoms with van der Waals surface area (Å²) in [5.41, 5.74) is 6.10. The molecule has 86 valence electrons. The lowest BCUT2D eigenvalue weighted by Gasteiger charge is -2.04. The summed E-state index contributed by atoms with van der Waals surface area (Å²) in [7, 11) is 0. The van der Waals surface area contributed by atoms with Crippen molar-refractivity contribution in [3.63, 3.8) is 0 Å². The fourth-order valence-corrected chi connectivity index (χ4v) is 1.18. The van der Waals surface area contributed by atoms with Gasteiger partial charge in [0.05, 0.1) is 0 Å². The Balaban J connectivity index is 2.88. The van der Waals surface area contributed by atoms with Gasteiger partial charge in [0.1, 0.15) is 2.82 Å². The highest BCUT2D eigenvalue weighted by molar-refractivity contribution is 4.52. The van der Waals surface area contributed by atoms with Crippen LogP contribution in [0.15, 0.2) is 0 Å². The molecule has 0 fully saturated rings. The Morgan fingerprint density at radius 3 is 1.79 bits per heavy atom. The number of hydrogen-bond acceptors (Lipinski definition) is 4. The zero-order valence-electron chi connectivity index (χ0n) is 11.1. The van der Waals surface area contributed by atoms with Crippen LogP contribution in [0.25, 0.3) is 0 Å². The number of unbranched alkanes of at least 4 members (excludes halogenated alkanes) is 1. The molecule has 0 aliphatic carbocycles. The van der Waals surface area contributed by atoms with Crippen LogP contribution in [0.2, 0.25) is 2.82 Å². The maximum absolute atomic E-state index is 6.86. The van der Waals surface area contributed by atoms with Crippen molar-refractivity contribution >= 4 is 0 Å². The summed E-state index contributed by atoms with van der Waals surface area (Å²) in [6.45, 7) is 5.27. The molecule has 4 heteroatoms. The molecule has 0 saturated heterocycles. The molecule has 0 spiro atoms. The Bertz CT molecular complexity index is 136. The van der Waals surface area contributed by atoms with E-state index in [0.29, 0.717) is 6.54 Å². The summed E-state index contributed by atoms with van der Waals surface area (Å²) in [5.74, 6) is 0. The third-order valence-electron chi connectivity index (χ3n) is 2.03. The summed E-state index contributed by atoms with van der Waals surface area (Å²) in [6.07, 6.45) is 4.26. The van der Waals surface area contributed by atoms with Crippen LogP contribution >= 0.6 is 0 Å². The van der Waals surface area contributed by atoms with E-state index in [1.54, 1.807) is 0 Å². The lowest BCUT2D eigenvalue weighted by Crippen LogP contribution is -2.22. The van der Waals surface area contributed by atoms with E-state index in [4.69, 9.17) is 8.56 Å². The van der Waals surface area contributed by atoms with Crippen LogP contribution in [0.5, 0.6) is 0 Å². The largest absolute Gasteiger partial charge is 0.330 e. The molecule has 0 aliphatic heterocycles. The number of hydrogen-bond donors (Lipinski definition) is 4. The molecule has 0 unspecified atom stereocenters. The molecule has 0 amide bonds. The van der Waals surface area contributed by atoms with Crippen molar-refractivity contribution in [2.24, 2.45) is 11.5 Å². The third kappa shape index (κ3) is 11.8. The number of nitrogens with one attached hydrogen (secondary N) is 2. The summed E-state index contributed by atoms with van der Waals surface area (Å²) in [4.78, 5) is 0. The van der Waals surface area contributed by atoms with Gasteiger partial charge in [0.2, 0.25) is 0 Å². The van der Waals surface area contributed by atoms with Gasteiger partial charge in [-0.3, -0.25) is 0 Å². The van der Waals surface area contributed by atoms with Crippen molar-refractivity contribution in [1.29, 1.82) is 0 Å². The molecule has 0 radical (unpaired) electrons. The molecular formula is C10H26N4. The van der Waals surface area contributed by atoms with Crippen LogP contribution < -0.4 is 22.1 Å². The molecule has 0 heterocycles. The average Bonchev–Trinajstić information content (AvgIpc) is 2.25. The minimum atomic E-state index is 0.508. The number of rotatable bonds is 12. The second-order valence-electron chi connectivity index (χ2n) is 3.43. The predicted octanol–water partition coefficient (Wildman–Crippen LogP) is -0.357. The summed E-state index contributed by atoms with van der Waals surface area (Å²) in [6, 6.07) is 0. The van der Waals surface area contributed by atoms with Crippen LogP contribution in [-0.2, 0) is 0 Å². The van der Waals surface area contributed by atoms with Crippen molar-refractivity contribution < 1.29 is 2.82 Å². The van der Waals surface area contributed by atoms with E-state index < -0.39 is 0 Å². The van der Waals surface area contributed by atoms with E-state index in [9.17, 15) is 0 Å². The van der Waals surface area contributed by atoms with Gasteiger partial charge in [0.25, 0.3) is 0 Å². The van der Waals surface area contributed by atoms with Crippen LogP contribution in [0.1, 0.15) is 25.7 Å². The van der Waals surface area contributed by atoms with Gasteiger partial charge in [-0.15, -0.1) is 0 Å². The van der Waals surface area contributed by atoms with Crippen molar-refractivity contribution in [2.45, 2.75) is 25.7 Å². The molecule has 0 aromatic rings. The monoisotopic (exact) mass is 204 g/mol. The van der Waals surface area contributed by atoms with E-state index in [-0.39, 0.29) is 0 Å². The Kier molecular flexibility index (Phi) is 9.50. The van der Waals surface area contributed by atoms with E-state index in [1.165, 1.54) is 12.8 Å². The topological polar surface area (TPSA) is 76.1 Å². The smallest absolute Gasteiger partial charge is 0.118 e. The molecule has 6 N–H and O–H groups in total. The SMILES string of the molecule is [2H]N([2H])CCCNCCCCNCCCN. The first-order valence-corrected chi connectivity index (χ1v) is 5.64. The minimum Gasteiger partial charge on any atom is -0.330 e. The molecule has 0 bridgehead atoms. The Labute approximate surface area is 90.7 Å². The molecule has 0 rings (SSSR count). The molecule has 14 heavy (non-hydrogen) atoms. The first kappa shape index (κ1) is 10.4. The van der Waals surface area contributed by atoms with E-state index in [0.717, 1.165) is 51.3 Å². The van der Waals surface area contributed by atoms with Gasteiger partial charge in [0.15, 0.2) is 0 Å². The van der Waals surface area contributed by atoms with Gasteiger partial charge in [0, 0.05) is 0 Å². The maximum atomic E-state index is 6.86. The average molecular weight is 204 g/mol. The van der Waals surface area contributed by atoms with Gasteiger partial charge in [-0.2, -0.15) is 0 Å². The van der Waals surface area contributed by atoms with Gasteiger partial charge in [-0.1, -0.05) is 0 Å². The second-order valence-corrected chi connectivity index (χ2v) is 3.43. The second kappa shape index (κ2) is 12.8. The van der Waals surface area contributed by atoms with Crippen molar-refractivity contribution in [3.05, 3.63) is 0 Å². The highest BCUT2D eigenvalue weighted by Gasteiger charge is 1.89. The molecule has 0 atom stereocenters. The quantitative estimate of drug-likeness (QED) is 0.328. The Hall–Kier alpha value is -0.160. The van der Waals surface area contributed by atoms with E-state index in [1.807, 2.05) is 0 Å². The Morgan fingerprint density at radius 1 is 0.786 bits per heavy atom. The highest BCUT2D eigenvalue weighted by Crippen LogP contribution is 1.84. The first-order valence-electron chi connectivity index (χ1n) is 6.53. The molecule has 0 aliphatic rings. The van der Waals surface area contributed by atoms with Crippen LogP contribution in [-0.4, -0.2) is 39.3 Å². The number of nitrogens with two attached hydrogens (primary N) is 2. The van der Waals surface area contributed by atoms with Gasteiger partial charge >= 0.3 is 0 Å². The van der Waals surface area contributed by atoms with Crippen LogP contribution in [0.4, 0.5) is 0 Å². The van der Waals surface area contributed by atoms with Crippen molar-refractivity contribution in [3.8, 4) is 0 Å². The molecular weight excluding hydrogens is 176 g/mol. The van der Waals surface area contributed by atoms with Gasteiger partial charge < -0.3 is 22.1 Å². The lowest BCUT2D eigenvalue weighted by molar-refractivity contribution is 0.570. The lowest BCUT2D eigenvalue weighted by atomic mass is 10.3. The molecule has 4 nitrogen and oxygen atoms in total. The summed E-state index contributed by atoms with van der Waals surface area (Å²) < 4.78 is 13.7. The first-order chi connectivity index (χ1) is 7.77. The van der Waals surface area contributed by atoms with Crippen LogP contribution in [0.3, 0.4) is 0 Å². The standard InChI is InChI=1S/C10H26N4/c11-5-3-9-13-7-1-2-8-14-10-4-6-12/h13-14H,1-12H2/i/hD2. The highest BCUT2D eigenvalue weighted by atomic mass is 14.9. The van der Waals surface area contributed by atoms with Gasteiger partial charge in [-0.05, 0) is 65.0 Å². The summed E-state index contributed by atoms with van der Waals surface area (Å²) >= 11 is 0. The fourth-order valence-electron chi connectivity index (χ4n) is 1.18. The van der Waals surface area contributed by atoms with Gasteiger partial charge in [-0.25, -0.2) is 0 Å². The Morgan fingerprint density at radius 2 is 1.29 bits per heavy atom. The van der Waals surface area contributed by atoms with Crippen LogP contribution in [0, 0.1) is 0 Å². The third-order valence-corrected chi connectivity index (χ3v) is 2.03. The van der Waals surface area contributed by atoms with Crippen molar-refractivity contribution in [1.82, 2.24) is 10.6 Å². The minimum absolute atomic E-state index is 0.508. The molecule has 0 aromatic carbocycles. The zero-order valence-corrected chi connectivity index (χ0v) is 9.10. The molecule has 0 saturated carbocycles.